The van der Waals surface area contributed by atoms with Gasteiger partial charge in [-0.3, -0.25) is 15.0 Å². The number of hydrogen-bond donors (Lipinski definition) is 3. The number of benzene rings is 3. The molecule has 0 aromatic heterocycles. The minimum Gasteiger partial charge on any atom is -0.392 e. The summed E-state index contributed by atoms with van der Waals surface area (Å²) in [5, 5.41) is 26.0. The number of ether oxygens (including phenoxy) is 2. The van der Waals surface area contributed by atoms with Crippen LogP contribution in [-0.2, 0) is 16.1 Å². The van der Waals surface area contributed by atoms with Crippen LogP contribution in [0.5, 0.6) is 0 Å². The number of anilines is 2. The third-order valence-corrected chi connectivity index (χ3v) is 7.65. The van der Waals surface area contributed by atoms with E-state index in [9.17, 15) is 20.0 Å². The van der Waals surface area contributed by atoms with Gasteiger partial charge in [-0.25, -0.2) is 4.79 Å². The highest BCUT2D eigenvalue weighted by molar-refractivity contribution is 5.89. The number of nitrogens with one attached hydrogen (secondary N) is 2. The van der Waals surface area contributed by atoms with Gasteiger partial charge in [0.25, 0.3) is 5.69 Å². The van der Waals surface area contributed by atoms with Crippen molar-refractivity contribution in [2.75, 3.05) is 49.5 Å². The van der Waals surface area contributed by atoms with Crippen molar-refractivity contribution in [2.24, 2.45) is 0 Å². The van der Waals surface area contributed by atoms with Gasteiger partial charge in [-0.1, -0.05) is 36.4 Å². The molecule has 0 radical (unpaired) electrons. The van der Waals surface area contributed by atoms with E-state index in [2.05, 4.69) is 20.4 Å². The van der Waals surface area contributed by atoms with E-state index in [4.69, 9.17) is 9.47 Å². The lowest BCUT2D eigenvalue weighted by Crippen LogP contribution is -2.49. The average Bonchev–Trinajstić information content (AvgIpc) is 3.02. The molecule has 11 nitrogen and oxygen atoms in total. The highest BCUT2D eigenvalue weighted by Crippen LogP contribution is 2.38. The minimum absolute atomic E-state index is 0.0112. The SMILES string of the molecule is CCNC(=O)Nc1ccc([C@@H]2O[C@H](CN3CCN(c4ccc([N+](=O)[O-])cc4)CC3)C[C@H](c3ccc(CO)cc3)O2)cc1. The number of rotatable bonds is 9. The van der Waals surface area contributed by atoms with Crippen molar-refractivity contribution in [1.29, 1.82) is 0 Å². The molecule has 2 amide bonds. The molecule has 3 atom stereocenters. The number of carbonyl (C=O) groups excluding carboxylic acids is 1. The molecule has 0 bridgehead atoms. The highest BCUT2D eigenvalue weighted by Gasteiger charge is 2.34. The summed E-state index contributed by atoms with van der Waals surface area (Å²) in [6.45, 7) is 6.47. The Morgan fingerprint density at radius 3 is 2.24 bits per heavy atom. The molecule has 3 N–H and O–H groups in total. The van der Waals surface area contributed by atoms with Gasteiger partial charge < -0.3 is 30.1 Å². The predicted octanol–water partition coefficient (Wildman–Crippen LogP) is 4.60. The highest BCUT2D eigenvalue weighted by atomic mass is 16.7. The van der Waals surface area contributed by atoms with E-state index >= 15 is 0 Å². The van der Waals surface area contributed by atoms with Crippen LogP contribution < -0.4 is 15.5 Å². The number of non-ortho nitro benzene ring substituents is 1. The second-order valence-corrected chi connectivity index (χ2v) is 10.5. The number of piperazine rings is 1. The largest absolute Gasteiger partial charge is 0.392 e. The molecule has 0 unspecified atom stereocenters. The maximum Gasteiger partial charge on any atom is 0.319 e. The third kappa shape index (κ3) is 7.42. The van der Waals surface area contributed by atoms with Gasteiger partial charge in [0.15, 0.2) is 6.29 Å². The second kappa shape index (κ2) is 13.8. The monoisotopic (exact) mass is 575 g/mol. The van der Waals surface area contributed by atoms with Gasteiger partial charge in [-0.15, -0.1) is 0 Å². The van der Waals surface area contributed by atoms with E-state index < -0.39 is 6.29 Å². The number of nitrogens with zero attached hydrogens (tertiary/aromatic N) is 3. The van der Waals surface area contributed by atoms with Crippen molar-refractivity contribution in [3.8, 4) is 0 Å². The summed E-state index contributed by atoms with van der Waals surface area (Å²) in [5.41, 5.74) is 4.50. The third-order valence-electron chi connectivity index (χ3n) is 7.65. The first-order valence-corrected chi connectivity index (χ1v) is 14.3. The molecule has 2 fully saturated rings. The maximum atomic E-state index is 11.9. The summed E-state index contributed by atoms with van der Waals surface area (Å²) < 4.78 is 13.0. The smallest absolute Gasteiger partial charge is 0.319 e. The fraction of sp³-hybridized carbons (Fsp3) is 0.387. The van der Waals surface area contributed by atoms with E-state index in [1.54, 1.807) is 12.1 Å². The average molecular weight is 576 g/mol. The molecule has 2 saturated heterocycles. The Morgan fingerprint density at radius 2 is 1.62 bits per heavy atom. The summed E-state index contributed by atoms with van der Waals surface area (Å²) in [4.78, 5) is 27.1. The fourth-order valence-electron chi connectivity index (χ4n) is 5.35. The molecule has 0 spiro atoms. The van der Waals surface area contributed by atoms with E-state index in [0.717, 1.165) is 55.1 Å². The molecule has 42 heavy (non-hydrogen) atoms. The quantitative estimate of drug-likeness (QED) is 0.250. The number of nitro benzene ring substituents is 1. The zero-order valence-corrected chi connectivity index (χ0v) is 23.6. The first-order valence-electron chi connectivity index (χ1n) is 14.3. The number of carbonyl (C=O) groups is 1. The van der Waals surface area contributed by atoms with Gasteiger partial charge in [0, 0.05) is 74.8 Å². The van der Waals surface area contributed by atoms with Crippen LogP contribution in [0.3, 0.4) is 0 Å². The number of aliphatic hydroxyl groups is 1. The molecular formula is C31H37N5O6. The topological polar surface area (TPSA) is 129 Å². The number of nitro groups is 1. The summed E-state index contributed by atoms with van der Waals surface area (Å²) in [6.07, 6.45) is -0.151. The van der Waals surface area contributed by atoms with Crippen molar-refractivity contribution < 1.29 is 24.3 Å². The van der Waals surface area contributed by atoms with Crippen LogP contribution in [0.25, 0.3) is 0 Å². The standard InChI is InChI=1S/C31H37N5O6/c1-2-32-31(38)33-25-9-7-24(8-10-25)30-41-28(19-29(42-30)23-5-3-22(21-37)4-6-23)20-34-15-17-35(18-16-34)26-11-13-27(14-12-26)36(39)40/h3-14,28-30,37H,2,15-21H2,1H3,(H2,32,33,38)/t28-,29+,30+/m0/s1. The van der Waals surface area contributed by atoms with Gasteiger partial charge in [0.1, 0.15) is 0 Å². The zero-order chi connectivity index (χ0) is 29.5. The lowest BCUT2D eigenvalue weighted by Gasteiger charge is -2.41. The molecule has 2 aliphatic rings. The van der Waals surface area contributed by atoms with Crippen LogP contribution in [0, 0.1) is 10.1 Å². The molecular weight excluding hydrogens is 538 g/mol. The van der Waals surface area contributed by atoms with Crippen molar-refractivity contribution >= 4 is 23.1 Å². The van der Waals surface area contributed by atoms with Crippen LogP contribution in [-0.4, -0.2) is 66.3 Å². The molecule has 0 aliphatic carbocycles. The Balaban J connectivity index is 1.25. The fourth-order valence-corrected chi connectivity index (χ4v) is 5.35. The van der Waals surface area contributed by atoms with Crippen molar-refractivity contribution in [3.63, 3.8) is 0 Å². The van der Waals surface area contributed by atoms with Gasteiger partial charge in [-0.05, 0) is 42.3 Å². The summed E-state index contributed by atoms with van der Waals surface area (Å²) in [6, 6.07) is 21.8. The van der Waals surface area contributed by atoms with E-state index in [1.807, 2.05) is 67.6 Å². The van der Waals surface area contributed by atoms with E-state index in [1.165, 1.54) is 0 Å². The lowest BCUT2D eigenvalue weighted by molar-refractivity contribution is -0.384. The molecule has 11 heteroatoms. The summed E-state index contributed by atoms with van der Waals surface area (Å²) >= 11 is 0. The Bertz CT molecular complexity index is 1330. The van der Waals surface area contributed by atoms with Crippen LogP contribution >= 0.6 is 0 Å². The van der Waals surface area contributed by atoms with E-state index in [0.29, 0.717) is 18.7 Å². The van der Waals surface area contributed by atoms with Gasteiger partial charge in [0.2, 0.25) is 0 Å². The minimum atomic E-state index is -0.578. The number of aliphatic hydroxyl groups excluding tert-OH is 1. The van der Waals surface area contributed by atoms with Gasteiger partial charge in [0.05, 0.1) is 23.7 Å². The molecule has 5 rings (SSSR count). The Morgan fingerprint density at radius 1 is 0.952 bits per heavy atom. The molecule has 222 valence electrons. The van der Waals surface area contributed by atoms with Gasteiger partial charge >= 0.3 is 6.03 Å². The normalized spacial score (nSPS) is 21.1. The van der Waals surface area contributed by atoms with Crippen molar-refractivity contribution in [3.05, 3.63) is 99.6 Å². The van der Waals surface area contributed by atoms with Crippen molar-refractivity contribution in [2.45, 2.75) is 38.4 Å². The second-order valence-electron chi connectivity index (χ2n) is 10.5. The van der Waals surface area contributed by atoms with Crippen LogP contribution in [0.2, 0.25) is 0 Å². The first-order chi connectivity index (χ1) is 20.4. The number of amides is 2. The molecule has 2 aliphatic heterocycles. The number of hydrogen-bond acceptors (Lipinski definition) is 8. The first kappa shape index (κ1) is 29.5. The number of urea groups is 1. The lowest BCUT2D eigenvalue weighted by atomic mass is 9.99. The maximum absolute atomic E-state index is 11.9. The summed E-state index contributed by atoms with van der Waals surface area (Å²) in [5.74, 6) is 0. The van der Waals surface area contributed by atoms with Crippen LogP contribution in [0.1, 0.15) is 42.4 Å². The van der Waals surface area contributed by atoms with Crippen LogP contribution in [0.15, 0.2) is 72.8 Å². The molecule has 3 aromatic rings. The molecule has 3 aromatic carbocycles. The molecule has 2 heterocycles. The predicted molar refractivity (Wildman–Crippen MR) is 159 cm³/mol. The van der Waals surface area contributed by atoms with Crippen LogP contribution in [0.4, 0.5) is 21.9 Å². The Kier molecular flexibility index (Phi) is 9.65. The Hall–Kier alpha value is -4.03. The van der Waals surface area contributed by atoms with Crippen molar-refractivity contribution in [1.82, 2.24) is 10.2 Å². The molecule has 0 saturated carbocycles. The van der Waals surface area contributed by atoms with Gasteiger partial charge in [-0.2, -0.15) is 0 Å². The van der Waals surface area contributed by atoms with E-state index in [-0.39, 0.29) is 35.5 Å². The zero-order valence-electron chi connectivity index (χ0n) is 23.6. The Labute approximate surface area is 245 Å². The summed E-state index contributed by atoms with van der Waals surface area (Å²) in [7, 11) is 0.